The van der Waals surface area contributed by atoms with Gasteiger partial charge < -0.3 is 19.6 Å². The van der Waals surface area contributed by atoms with Crippen molar-refractivity contribution in [2.24, 2.45) is 0 Å². The van der Waals surface area contributed by atoms with E-state index in [4.69, 9.17) is 19.6 Å². The highest BCUT2D eigenvalue weighted by Gasteiger charge is 2.17. The first-order valence-electron chi connectivity index (χ1n) is 4.85. The van der Waals surface area contributed by atoms with Crippen molar-refractivity contribution < 1.29 is 13.9 Å². The number of nitrogens with zero attached hydrogens (tertiary/aromatic N) is 1. The Morgan fingerprint density at radius 2 is 2.00 bits per heavy atom. The molecule has 0 unspecified atom stereocenters. The SMILES string of the molecule is Cc1cc2c(cc1-c1coc(N)n1)OCO2. The number of hydrogen-bond donors (Lipinski definition) is 1. The van der Waals surface area contributed by atoms with Gasteiger partial charge in [-0.05, 0) is 24.6 Å². The molecule has 16 heavy (non-hydrogen) atoms. The van der Waals surface area contributed by atoms with Crippen LogP contribution in [0.2, 0.25) is 0 Å². The fourth-order valence-corrected chi connectivity index (χ4v) is 1.73. The van der Waals surface area contributed by atoms with Gasteiger partial charge in [-0.15, -0.1) is 0 Å². The third kappa shape index (κ3) is 1.29. The second kappa shape index (κ2) is 3.16. The van der Waals surface area contributed by atoms with Gasteiger partial charge in [0.2, 0.25) is 6.79 Å². The topological polar surface area (TPSA) is 70.5 Å². The van der Waals surface area contributed by atoms with Gasteiger partial charge in [0.15, 0.2) is 11.5 Å². The molecule has 5 heteroatoms. The predicted octanol–water partition coefficient (Wildman–Crippen LogP) is 1.96. The monoisotopic (exact) mass is 218 g/mol. The Balaban J connectivity index is 2.14. The zero-order valence-corrected chi connectivity index (χ0v) is 8.69. The lowest BCUT2D eigenvalue weighted by Crippen LogP contribution is -1.92. The molecule has 0 amide bonds. The first-order chi connectivity index (χ1) is 7.74. The van der Waals surface area contributed by atoms with Crippen molar-refractivity contribution in [2.45, 2.75) is 6.92 Å². The molecule has 2 heterocycles. The molecule has 1 aliphatic heterocycles. The summed E-state index contributed by atoms with van der Waals surface area (Å²) in [5, 5.41) is 0. The van der Waals surface area contributed by atoms with Crippen LogP contribution in [0.1, 0.15) is 5.56 Å². The molecule has 0 saturated carbocycles. The summed E-state index contributed by atoms with van der Waals surface area (Å²) in [5.74, 6) is 1.49. The number of hydrogen-bond acceptors (Lipinski definition) is 5. The van der Waals surface area contributed by atoms with Crippen molar-refractivity contribution in [2.75, 3.05) is 12.5 Å². The van der Waals surface area contributed by atoms with Gasteiger partial charge >= 0.3 is 0 Å². The van der Waals surface area contributed by atoms with E-state index in [-0.39, 0.29) is 12.8 Å². The van der Waals surface area contributed by atoms with Gasteiger partial charge in [0.1, 0.15) is 12.0 Å². The lowest BCUT2D eigenvalue weighted by molar-refractivity contribution is 0.174. The Morgan fingerprint density at radius 1 is 1.25 bits per heavy atom. The second-order valence-corrected chi connectivity index (χ2v) is 3.59. The molecule has 2 aromatic rings. The molecule has 2 N–H and O–H groups in total. The van der Waals surface area contributed by atoms with Crippen LogP contribution in [0.3, 0.4) is 0 Å². The molecule has 1 aromatic heterocycles. The van der Waals surface area contributed by atoms with E-state index in [1.54, 1.807) is 0 Å². The Morgan fingerprint density at radius 3 is 2.69 bits per heavy atom. The van der Waals surface area contributed by atoms with E-state index >= 15 is 0 Å². The normalized spacial score (nSPS) is 13.1. The van der Waals surface area contributed by atoms with Crippen molar-refractivity contribution in [1.29, 1.82) is 0 Å². The van der Waals surface area contributed by atoms with Gasteiger partial charge in [0.25, 0.3) is 6.01 Å². The van der Waals surface area contributed by atoms with Gasteiger partial charge in [0.05, 0.1) is 0 Å². The number of nitrogens with two attached hydrogens (primary N) is 1. The molecule has 0 fully saturated rings. The first kappa shape index (κ1) is 9.08. The lowest BCUT2D eigenvalue weighted by Gasteiger charge is -2.03. The molecule has 0 radical (unpaired) electrons. The smallest absolute Gasteiger partial charge is 0.292 e. The molecule has 5 nitrogen and oxygen atoms in total. The summed E-state index contributed by atoms with van der Waals surface area (Å²) in [7, 11) is 0. The molecule has 0 saturated heterocycles. The maximum absolute atomic E-state index is 5.45. The first-order valence-corrected chi connectivity index (χ1v) is 4.85. The van der Waals surface area contributed by atoms with Crippen LogP contribution in [0.15, 0.2) is 22.8 Å². The van der Waals surface area contributed by atoms with Gasteiger partial charge in [-0.1, -0.05) is 0 Å². The van der Waals surface area contributed by atoms with E-state index in [1.165, 1.54) is 6.26 Å². The van der Waals surface area contributed by atoms with E-state index in [2.05, 4.69) is 4.98 Å². The molecule has 0 bridgehead atoms. The summed E-state index contributed by atoms with van der Waals surface area (Å²) in [6, 6.07) is 3.96. The predicted molar refractivity (Wildman–Crippen MR) is 57.2 cm³/mol. The summed E-state index contributed by atoms with van der Waals surface area (Å²) in [6.45, 7) is 2.24. The number of fused-ring (bicyclic) bond motifs is 1. The molecule has 0 atom stereocenters. The van der Waals surface area contributed by atoms with Gasteiger partial charge in [-0.3, -0.25) is 0 Å². The number of aryl methyl sites for hydroxylation is 1. The third-order valence-electron chi connectivity index (χ3n) is 2.52. The van der Waals surface area contributed by atoms with Crippen LogP contribution >= 0.6 is 0 Å². The van der Waals surface area contributed by atoms with E-state index in [0.29, 0.717) is 5.69 Å². The summed E-state index contributed by atoms with van der Waals surface area (Å²) in [5.41, 5.74) is 8.12. The van der Waals surface area contributed by atoms with Crippen LogP contribution in [0.4, 0.5) is 6.01 Å². The van der Waals surface area contributed by atoms with Crippen LogP contribution in [-0.4, -0.2) is 11.8 Å². The van der Waals surface area contributed by atoms with E-state index in [1.807, 2.05) is 19.1 Å². The van der Waals surface area contributed by atoms with Crippen molar-refractivity contribution >= 4 is 6.01 Å². The Bertz CT molecular complexity index is 548. The number of benzene rings is 1. The summed E-state index contributed by atoms with van der Waals surface area (Å²) in [6.07, 6.45) is 1.53. The maximum Gasteiger partial charge on any atom is 0.292 e. The number of anilines is 1. The van der Waals surface area contributed by atoms with E-state index in [9.17, 15) is 0 Å². The highest BCUT2D eigenvalue weighted by atomic mass is 16.7. The van der Waals surface area contributed by atoms with Crippen LogP contribution in [-0.2, 0) is 0 Å². The van der Waals surface area contributed by atoms with Gasteiger partial charge in [-0.2, -0.15) is 4.98 Å². The molecule has 0 aliphatic carbocycles. The molecular formula is C11H10N2O3. The highest BCUT2D eigenvalue weighted by Crippen LogP contribution is 2.38. The van der Waals surface area contributed by atoms with Crippen LogP contribution in [0.5, 0.6) is 11.5 Å². The standard InChI is InChI=1S/C11H10N2O3/c1-6-2-9-10(16-5-15-9)3-7(6)8-4-14-11(12)13-8/h2-4H,5H2,1H3,(H2,12,13). The summed E-state index contributed by atoms with van der Waals surface area (Å²) in [4.78, 5) is 4.08. The van der Waals surface area contributed by atoms with E-state index in [0.717, 1.165) is 22.6 Å². The van der Waals surface area contributed by atoms with Crippen molar-refractivity contribution in [1.82, 2.24) is 4.98 Å². The Hall–Kier alpha value is -2.17. The second-order valence-electron chi connectivity index (χ2n) is 3.59. The zero-order valence-electron chi connectivity index (χ0n) is 8.69. The fourth-order valence-electron chi connectivity index (χ4n) is 1.73. The number of aromatic nitrogens is 1. The largest absolute Gasteiger partial charge is 0.454 e. The maximum atomic E-state index is 5.45. The highest BCUT2D eigenvalue weighted by molar-refractivity contribution is 5.68. The van der Waals surface area contributed by atoms with Crippen LogP contribution < -0.4 is 15.2 Å². The number of rotatable bonds is 1. The molecule has 1 aliphatic rings. The molecular weight excluding hydrogens is 208 g/mol. The van der Waals surface area contributed by atoms with Gasteiger partial charge in [0, 0.05) is 5.56 Å². The Kier molecular flexibility index (Phi) is 1.80. The average Bonchev–Trinajstić information content (AvgIpc) is 2.84. The Labute approximate surface area is 91.8 Å². The van der Waals surface area contributed by atoms with Crippen LogP contribution in [0.25, 0.3) is 11.3 Å². The number of ether oxygens (including phenoxy) is 2. The molecule has 1 aromatic carbocycles. The summed E-state index contributed by atoms with van der Waals surface area (Å²) >= 11 is 0. The lowest BCUT2D eigenvalue weighted by atomic mass is 10.1. The zero-order chi connectivity index (χ0) is 11.1. The molecule has 82 valence electrons. The average molecular weight is 218 g/mol. The number of nitrogen functional groups attached to an aromatic ring is 1. The minimum atomic E-state index is 0.159. The molecule has 3 rings (SSSR count). The minimum Gasteiger partial charge on any atom is -0.454 e. The van der Waals surface area contributed by atoms with Gasteiger partial charge in [-0.25, -0.2) is 0 Å². The fraction of sp³-hybridized carbons (Fsp3) is 0.182. The van der Waals surface area contributed by atoms with Crippen LogP contribution in [0, 0.1) is 6.92 Å². The minimum absolute atomic E-state index is 0.159. The quantitative estimate of drug-likeness (QED) is 0.792. The number of oxazole rings is 1. The van der Waals surface area contributed by atoms with Crippen molar-refractivity contribution in [3.8, 4) is 22.8 Å². The summed E-state index contributed by atoms with van der Waals surface area (Å²) < 4.78 is 15.6. The van der Waals surface area contributed by atoms with Crippen molar-refractivity contribution in [3.05, 3.63) is 24.0 Å². The van der Waals surface area contributed by atoms with Crippen molar-refractivity contribution in [3.63, 3.8) is 0 Å². The molecule has 0 spiro atoms. The van der Waals surface area contributed by atoms with E-state index < -0.39 is 0 Å². The third-order valence-corrected chi connectivity index (χ3v) is 2.52.